The van der Waals surface area contributed by atoms with Crippen molar-refractivity contribution in [3.8, 4) is 5.69 Å². The van der Waals surface area contributed by atoms with Gasteiger partial charge in [-0.3, -0.25) is 9.36 Å². The number of carbonyl (C=O) groups is 1. The van der Waals surface area contributed by atoms with Gasteiger partial charge in [0.05, 0.1) is 17.1 Å². The minimum absolute atomic E-state index is 0.0949. The van der Waals surface area contributed by atoms with Crippen LogP contribution in [0.2, 0.25) is 0 Å². The first-order chi connectivity index (χ1) is 9.56. The van der Waals surface area contributed by atoms with Gasteiger partial charge in [0, 0.05) is 11.8 Å². The van der Waals surface area contributed by atoms with Gasteiger partial charge in [0.1, 0.15) is 5.82 Å². The fourth-order valence-electron chi connectivity index (χ4n) is 2.41. The van der Waals surface area contributed by atoms with Crippen molar-refractivity contribution in [1.29, 1.82) is 0 Å². The second-order valence-electron chi connectivity index (χ2n) is 5.29. The lowest BCUT2D eigenvalue weighted by molar-refractivity contribution is -0.114. The normalized spacial score (nSPS) is 16.7. The van der Waals surface area contributed by atoms with E-state index in [2.05, 4.69) is 46.9 Å². The number of anilines is 1. The van der Waals surface area contributed by atoms with Crippen molar-refractivity contribution in [3.05, 3.63) is 36.3 Å². The van der Waals surface area contributed by atoms with Gasteiger partial charge < -0.3 is 5.32 Å². The van der Waals surface area contributed by atoms with E-state index >= 15 is 0 Å². The van der Waals surface area contributed by atoms with E-state index in [1.807, 2.05) is 24.0 Å². The van der Waals surface area contributed by atoms with Gasteiger partial charge in [-0.1, -0.05) is 26.0 Å². The fraction of sp³-hybridized carbons (Fsp3) is 0.333. The first-order valence-corrected chi connectivity index (χ1v) is 7.57. The molecule has 1 aromatic heterocycles. The summed E-state index contributed by atoms with van der Waals surface area (Å²) in [6.45, 7) is 5.90. The zero-order valence-corrected chi connectivity index (χ0v) is 12.6. The Morgan fingerprint density at radius 2 is 2.15 bits per heavy atom. The van der Waals surface area contributed by atoms with E-state index in [4.69, 9.17) is 0 Å². The largest absolute Gasteiger partial charge is 0.310 e. The van der Waals surface area contributed by atoms with E-state index in [-0.39, 0.29) is 5.91 Å². The summed E-state index contributed by atoms with van der Waals surface area (Å²) in [5.74, 6) is 2.00. The Labute approximate surface area is 122 Å². The number of rotatable bonds is 2. The molecule has 2 aromatic rings. The summed E-state index contributed by atoms with van der Waals surface area (Å²) < 4.78 is 2.10. The molecule has 1 N–H and O–H groups in total. The number of imidazole rings is 1. The average Bonchev–Trinajstić information content (AvgIpc) is 2.80. The Hall–Kier alpha value is -1.75. The molecule has 0 bridgehead atoms. The van der Waals surface area contributed by atoms with Gasteiger partial charge in [0.15, 0.2) is 5.82 Å². The standard InChI is InChI=1S/C15H17N3OS/c1-9(2)14-15-17-13(16-10(3)19)8-18(15)11-6-4-5-7-12(11)20-14/h4-9,14H,1-3H3,(H,16,19). The second kappa shape index (κ2) is 4.98. The van der Waals surface area contributed by atoms with Gasteiger partial charge >= 0.3 is 0 Å². The van der Waals surface area contributed by atoms with Gasteiger partial charge in [0.2, 0.25) is 5.91 Å². The van der Waals surface area contributed by atoms with Crippen LogP contribution in [0.25, 0.3) is 5.69 Å². The van der Waals surface area contributed by atoms with Gasteiger partial charge in [-0.05, 0) is 18.1 Å². The first-order valence-electron chi connectivity index (χ1n) is 6.69. The molecule has 1 aromatic carbocycles. The number of carbonyl (C=O) groups excluding carboxylic acids is 1. The summed E-state index contributed by atoms with van der Waals surface area (Å²) in [4.78, 5) is 17.1. The molecule has 0 radical (unpaired) electrons. The molecule has 5 heteroatoms. The highest BCUT2D eigenvalue weighted by atomic mass is 32.2. The molecule has 0 saturated carbocycles. The summed E-state index contributed by atoms with van der Waals surface area (Å²) in [6.07, 6.45) is 1.91. The third kappa shape index (κ3) is 2.22. The van der Waals surface area contributed by atoms with Crippen molar-refractivity contribution < 1.29 is 4.79 Å². The van der Waals surface area contributed by atoms with Crippen molar-refractivity contribution in [3.63, 3.8) is 0 Å². The van der Waals surface area contributed by atoms with Crippen LogP contribution in [-0.2, 0) is 4.79 Å². The minimum atomic E-state index is -0.0949. The molecule has 1 unspecified atom stereocenters. The molecule has 1 amide bonds. The monoisotopic (exact) mass is 287 g/mol. The van der Waals surface area contributed by atoms with E-state index in [0.717, 1.165) is 11.5 Å². The third-order valence-corrected chi connectivity index (χ3v) is 4.88. The molecule has 0 fully saturated rings. The van der Waals surface area contributed by atoms with E-state index in [1.165, 1.54) is 11.8 Å². The molecule has 0 aliphatic carbocycles. The van der Waals surface area contributed by atoms with Crippen molar-refractivity contribution in [2.45, 2.75) is 30.9 Å². The maximum Gasteiger partial charge on any atom is 0.222 e. The number of amides is 1. The van der Waals surface area contributed by atoms with Crippen LogP contribution in [0, 0.1) is 5.92 Å². The van der Waals surface area contributed by atoms with Crippen LogP contribution in [0.4, 0.5) is 5.82 Å². The molecular formula is C15H17N3OS. The maximum atomic E-state index is 11.2. The molecule has 0 spiro atoms. The first kappa shape index (κ1) is 13.2. The van der Waals surface area contributed by atoms with Crippen molar-refractivity contribution >= 4 is 23.5 Å². The Kier molecular flexibility index (Phi) is 3.30. The summed E-state index contributed by atoms with van der Waals surface area (Å²) in [5, 5.41) is 3.07. The Morgan fingerprint density at radius 3 is 2.85 bits per heavy atom. The Morgan fingerprint density at radius 1 is 1.40 bits per heavy atom. The predicted octanol–water partition coefficient (Wildman–Crippen LogP) is 3.63. The van der Waals surface area contributed by atoms with Crippen LogP contribution in [-0.4, -0.2) is 15.5 Å². The van der Waals surface area contributed by atoms with E-state index in [9.17, 15) is 4.79 Å². The second-order valence-corrected chi connectivity index (χ2v) is 6.47. The van der Waals surface area contributed by atoms with Crippen molar-refractivity contribution in [2.75, 3.05) is 5.32 Å². The van der Waals surface area contributed by atoms with Crippen LogP contribution in [0.15, 0.2) is 35.4 Å². The Balaban J connectivity index is 2.12. The zero-order chi connectivity index (χ0) is 14.3. The number of hydrogen-bond donors (Lipinski definition) is 1. The molecular weight excluding hydrogens is 270 g/mol. The van der Waals surface area contributed by atoms with Crippen LogP contribution >= 0.6 is 11.8 Å². The molecule has 1 aliphatic heterocycles. The highest BCUT2D eigenvalue weighted by Crippen LogP contribution is 2.47. The predicted molar refractivity (Wildman–Crippen MR) is 81.3 cm³/mol. The van der Waals surface area contributed by atoms with Crippen LogP contribution < -0.4 is 5.32 Å². The number of fused-ring (bicyclic) bond motifs is 3. The minimum Gasteiger partial charge on any atom is -0.310 e. The number of nitrogens with one attached hydrogen (secondary N) is 1. The topological polar surface area (TPSA) is 46.9 Å². The Bertz CT molecular complexity index is 663. The van der Waals surface area contributed by atoms with Crippen molar-refractivity contribution in [2.24, 2.45) is 5.92 Å². The smallest absolute Gasteiger partial charge is 0.222 e. The van der Waals surface area contributed by atoms with Crippen LogP contribution in [0.1, 0.15) is 31.8 Å². The van der Waals surface area contributed by atoms with Gasteiger partial charge in [-0.25, -0.2) is 4.98 Å². The highest BCUT2D eigenvalue weighted by molar-refractivity contribution is 7.99. The lowest BCUT2D eigenvalue weighted by Crippen LogP contribution is -2.15. The number of para-hydroxylation sites is 1. The summed E-state index contributed by atoms with van der Waals surface area (Å²) >= 11 is 1.84. The number of thioether (sulfide) groups is 1. The summed E-state index contributed by atoms with van der Waals surface area (Å²) in [6, 6.07) is 8.30. The molecule has 3 rings (SSSR count). The van der Waals surface area contributed by atoms with E-state index in [1.54, 1.807) is 0 Å². The molecule has 0 saturated heterocycles. The molecule has 20 heavy (non-hydrogen) atoms. The average molecular weight is 287 g/mol. The molecule has 104 valence electrons. The maximum absolute atomic E-state index is 11.2. The molecule has 4 nitrogen and oxygen atoms in total. The number of benzene rings is 1. The van der Waals surface area contributed by atoms with Gasteiger partial charge in [-0.2, -0.15) is 0 Å². The fourth-order valence-corrected chi connectivity index (χ4v) is 3.67. The zero-order valence-electron chi connectivity index (χ0n) is 11.8. The van der Waals surface area contributed by atoms with Gasteiger partial charge in [-0.15, -0.1) is 11.8 Å². The van der Waals surface area contributed by atoms with Gasteiger partial charge in [0.25, 0.3) is 0 Å². The number of nitrogens with zero attached hydrogens (tertiary/aromatic N) is 2. The third-order valence-electron chi connectivity index (χ3n) is 3.28. The highest BCUT2D eigenvalue weighted by Gasteiger charge is 2.29. The van der Waals surface area contributed by atoms with Crippen LogP contribution in [0.5, 0.6) is 0 Å². The number of hydrogen-bond acceptors (Lipinski definition) is 3. The van der Waals surface area contributed by atoms with E-state index < -0.39 is 0 Å². The lowest BCUT2D eigenvalue weighted by atomic mass is 10.1. The molecule has 1 aliphatic rings. The van der Waals surface area contributed by atoms with Crippen molar-refractivity contribution in [1.82, 2.24) is 9.55 Å². The number of aromatic nitrogens is 2. The van der Waals surface area contributed by atoms with E-state index in [0.29, 0.717) is 17.0 Å². The SMILES string of the molecule is CC(=O)Nc1cn2c(n1)C(C(C)C)Sc1ccccc1-2. The quantitative estimate of drug-likeness (QED) is 0.917. The lowest BCUT2D eigenvalue weighted by Gasteiger charge is -2.27. The summed E-state index contributed by atoms with van der Waals surface area (Å²) in [5.41, 5.74) is 1.13. The van der Waals surface area contributed by atoms with Crippen LogP contribution in [0.3, 0.4) is 0 Å². The molecule has 1 atom stereocenters. The summed E-state index contributed by atoms with van der Waals surface area (Å²) in [7, 11) is 0. The molecule has 2 heterocycles.